The number of guanidine groups is 1. The summed E-state index contributed by atoms with van der Waals surface area (Å²) in [4.78, 5) is 23.3. The van der Waals surface area contributed by atoms with Crippen molar-refractivity contribution >= 4 is 36.0 Å². The van der Waals surface area contributed by atoms with E-state index in [0.29, 0.717) is 6.54 Å². The number of nitrogens with zero attached hydrogens (tertiary/aromatic N) is 4. The van der Waals surface area contributed by atoms with Crippen molar-refractivity contribution in [3.63, 3.8) is 0 Å². The normalized spacial score (nSPS) is 22.5. The molecular formula is C23H34IN7O2. The number of rotatable bonds is 4. The van der Waals surface area contributed by atoms with Crippen LogP contribution in [0.5, 0.6) is 0 Å². The second-order valence-electron chi connectivity index (χ2n) is 9.55. The van der Waals surface area contributed by atoms with E-state index in [1.807, 2.05) is 37.8 Å². The Morgan fingerprint density at radius 2 is 2.00 bits per heavy atom. The molecule has 2 bridgehead atoms. The molecule has 33 heavy (non-hydrogen) atoms. The highest BCUT2D eigenvalue weighted by Crippen LogP contribution is 2.36. The van der Waals surface area contributed by atoms with Crippen LogP contribution in [-0.2, 0) is 11.3 Å². The van der Waals surface area contributed by atoms with Crippen molar-refractivity contribution in [2.45, 2.75) is 76.7 Å². The molecule has 180 valence electrons. The molecule has 4 rings (SSSR count). The third-order valence-corrected chi connectivity index (χ3v) is 5.98. The number of piperidine rings is 1. The first-order valence-electron chi connectivity index (χ1n) is 11.3. The Kier molecular flexibility index (Phi) is 8.19. The molecule has 0 saturated carbocycles. The molecule has 0 spiro atoms. The van der Waals surface area contributed by atoms with Crippen molar-refractivity contribution in [3.05, 3.63) is 36.2 Å². The van der Waals surface area contributed by atoms with Crippen LogP contribution in [0, 0.1) is 0 Å². The van der Waals surface area contributed by atoms with Gasteiger partial charge in [-0.2, -0.15) is 5.10 Å². The molecule has 2 unspecified atom stereocenters. The molecule has 1 aromatic carbocycles. The van der Waals surface area contributed by atoms with Gasteiger partial charge in [0.2, 0.25) is 0 Å². The number of aliphatic imine (C=N–C) groups is 1. The molecule has 10 heteroatoms. The molecular weight excluding hydrogens is 533 g/mol. The van der Waals surface area contributed by atoms with Gasteiger partial charge < -0.3 is 20.3 Å². The van der Waals surface area contributed by atoms with Crippen molar-refractivity contribution in [2.75, 3.05) is 7.05 Å². The monoisotopic (exact) mass is 567 g/mol. The van der Waals surface area contributed by atoms with Crippen LogP contribution in [0.25, 0.3) is 11.4 Å². The van der Waals surface area contributed by atoms with Crippen molar-refractivity contribution in [1.82, 2.24) is 30.7 Å². The molecule has 0 aliphatic carbocycles. The minimum atomic E-state index is -0.470. The first-order chi connectivity index (χ1) is 15.3. The van der Waals surface area contributed by atoms with Crippen molar-refractivity contribution in [3.8, 4) is 11.4 Å². The predicted octanol–water partition coefficient (Wildman–Crippen LogP) is 3.69. The van der Waals surface area contributed by atoms with Crippen LogP contribution in [0.3, 0.4) is 0 Å². The van der Waals surface area contributed by atoms with E-state index in [1.165, 1.54) is 6.33 Å². The minimum absolute atomic E-state index is 0. The van der Waals surface area contributed by atoms with Gasteiger partial charge in [0.25, 0.3) is 0 Å². The van der Waals surface area contributed by atoms with Crippen LogP contribution in [0.15, 0.2) is 35.6 Å². The Morgan fingerprint density at radius 1 is 1.27 bits per heavy atom. The van der Waals surface area contributed by atoms with E-state index in [1.54, 1.807) is 7.05 Å². The molecule has 0 radical (unpaired) electrons. The molecule has 2 aliphatic heterocycles. The SMILES string of the molecule is CN=C(NCc1cccc(-c2ncn[nH]2)c1)NC1CC2CCC(C1)N2C(=O)OC(C)(C)C.I. The van der Waals surface area contributed by atoms with Crippen LogP contribution < -0.4 is 10.6 Å². The first kappa shape index (κ1) is 25.3. The third-order valence-electron chi connectivity index (χ3n) is 5.98. The number of benzene rings is 1. The summed E-state index contributed by atoms with van der Waals surface area (Å²) < 4.78 is 5.64. The van der Waals surface area contributed by atoms with Crippen LogP contribution in [0.4, 0.5) is 4.79 Å². The maximum absolute atomic E-state index is 12.7. The Morgan fingerprint density at radius 3 is 2.61 bits per heavy atom. The molecule has 2 fully saturated rings. The highest BCUT2D eigenvalue weighted by atomic mass is 127. The van der Waals surface area contributed by atoms with Gasteiger partial charge >= 0.3 is 6.09 Å². The Labute approximate surface area is 212 Å². The average molecular weight is 567 g/mol. The summed E-state index contributed by atoms with van der Waals surface area (Å²) in [6, 6.07) is 8.88. The zero-order valence-corrected chi connectivity index (χ0v) is 22.0. The van der Waals surface area contributed by atoms with Gasteiger partial charge in [-0.05, 0) is 58.1 Å². The second kappa shape index (κ2) is 10.7. The zero-order chi connectivity index (χ0) is 22.7. The van der Waals surface area contributed by atoms with Gasteiger partial charge in [0, 0.05) is 37.3 Å². The molecule has 9 nitrogen and oxygen atoms in total. The zero-order valence-electron chi connectivity index (χ0n) is 19.7. The number of aromatic nitrogens is 3. The fraction of sp³-hybridized carbons (Fsp3) is 0.565. The standard InChI is InChI=1S/C23H33N7O2.HI/c1-23(2,3)32-22(31)30-18-8-9-19(30)12-17(11-18)28-21(24-4)25-13-15-6-5-7-16(10-15)20-26-14-27-29-20;/h5-7,10,14,17-19H,8-9,11-13H2,1-4H3,(H2,24,25,28)(H,26,27,29);1H. The summed E-state index contributed by atoms with van der Waals surface area (Å²) in [5.74, 6) is 1.52. The first-order valence-corrected chi connectivity index (χ1v) is 11.3. The van der Waals surface area contributed by atoms with Gasteiger partial charge in [-0.15, -0.1) is 24.0 Å². The number of halogens is 1. The Balaban J connectivity index is 0.00000306. The number of fused-ring (bicyclic) bond motifs is 2. The van der Waals surface area contributed by atoms with Gasteiger partial charge in [0.1, 0.15) is 11.9 Å². The average Bonchev–Trinajstić information content (AvgIpc) is 3.37. The van der Waals surface area contributed by atoms with E-state index < -0.39 is 5.60 Å². The van der Waals surface area contributed by atoms with E-state index in [0.717, 1.165) is 48.6 Å². The lowest BCUT2D eigenvalue weighted by Crippen LogP contribution is -2.54. The van der Waals surface area contributed by atoms with Crippen LogP contribution in [-0.4, -0.2) is 62.9 Å². The molecule has 1 amide bonds. The largest absolute Gasteiger partial charge is 0.444 e. The summed E-state index contributed by atoms with van der Waals surface area (Å²) >= 11 is 0. The van der Waals surface area contributed by atoms with Gasteiger partial charge in [-0.1, -0.05) is 18.2 Å². The fourth-order valence-electron chi connectivity index (χ4n) is 4.65. The smallest absolute Gasteiger partial charge is 0.410 e. The molecule has 3 heterocycles. The summed E-state index contributed by atoms with van der Waals surface area (Å²) in [5, 5.41) is 13.8. The number of aromatic amines is 1. The number of carbonyl (C=O) groups excluding carboxylic acids is 1. The maximum atomic E-state index is 12.7. The van der Waals surface area contributed by atoms with Gasteiger partial charge in [-0.3, -0.25) is 10.1 Å². The summed E-state index contributed by atoms with van der Waals surface area (Å²) in [6.45, 7) is 6.39. The molecule has 2 aliphatic rings. The quantitative estimate of drug-likeness (QED) is 0.296. The highest BCUT2D eigenvalue weighted by Gasteiger charge is 2.45. The molecule has 2 saturated heterocycles. The van der Waals surface area contributed by atoms with E-state index >= 15 is 0 Å². The van der Waals surface area contributed by atoms with E-state index in [-0.39, 0.29) is 48.2 Å². The topological polar surface area (TPSA) is 108 Å². The lowest BCUT2D eigenvalue weighted by molar-refractivity contribution is 0.00545. The van der Waals surface area contributed by atoms with E-state index in [9.17, 15) is 4.79 Å². The summed E-state index contributed by atoms with van der Waals surface area (Å²) in [5.41, 5.74) is 1.65. The van der Waals surface area contributed by atoms with Crippen LogP contribution in [0.1, 0.15) is 52.0 Å². The predicted molar refractivity (Wildman–Crippen MR) is 138 cm³/mol. The van der Waals surface area contributed by atoms with Gasteiger partial charge in [0.05, 0.1) is 0 Å². The number of amides is 1. The third kappa shape index (κ3) is 6.36. The van der Waals surface area contributed by atoms with Gasteiger partial charge in [-0.25, -0.2) is 9.78 Å². The summed E-state index contributed by atoms with van der Waals surface area (Å²) in [7, 11) is 1.78. The fourth-order valence-corrected chi connectivity index (χ4v) is 4.65. The van der Waals surface area contributed by atoms with Gasteiger partial charge in [0.15, 0.2) is 11.8 Å². The number of carbonyl (C=O) groups is 1. The van der Waals surface area contributed by atoms with E-state index in [2.05, 4.69) is 42.9 Å². The Bertz CT molecular complexity index is 944. The Hall–Kier alpha value is -2.37. The maximum Gasteiger partial charge on any atom is 0.410 e. The van der Waals surface area contributed by atoms with Crippen molar-refractivity contribution in [1.29, 1.82) is 0 Å². The number of hydrogen-bond acceptors (Lipinski definition) is 5. The number of H-pyrrole nitrogens is 1. The van der Waals surface area contributed by atoms with E-state index in [4.69, 9.17) is 4.74 Å². The molecule has 3 N–H and O–H groups in total. The molecule has 1 aromatic heterocycles. The van der Waals surface area contributed by atoms with Crippen LogP contribution >= 0.6 is 24.0 Å². The number of ether oxygens (including phenoxy) is 1. The lowest BCUT2D eigenvalue weighted by Gasteiger charge is -2.40. The molecule has 2 aromatic rings. The summed E-state index contributed by atoms with van der Waals surface area (Å²) in [6.07, 6.45) is 5.19. The second-order valence-corrected chi connectivity index (χ2v) is 9.55. The number of hydrogen-bond donors (Lipinski definition) is 3. The highest BCUT2D eigenvalue weighted by molar-refractivity contribution is 14.0. The van der Waals surface area contributed by atoms with Crippen molar-refractivity contribution in [2.24, 2.45) is 4.99 Å². The van der Waals surface area contributed by atoms with Crippen molar-refractivity contribution < 1.29 is 9.53 Å². The molecule has 2 atom stereocenters. The lowest BCUT2D eigenvalue weighted by atomic mass is 9.98. The minimum Gasteiger partial charge on any atom is -0.444 e. The number of nitrogens with one attached hydrogen (secondary N) is 3. The van der Waals surface area contributed by atoms with Crippen LogP contribution in [0.2, 0.25) is 0 Å².